The summed E-state index contributed by atoms with van der Waals surface area (Å²) in [7, 11) is 1.47. The van der Waals surface area contributed by atoms with Crippen molar-refractivity contribution in [2.75, 3.05) is 13.7 Å². The van der Waals surface area contributed by atoms with E-state index in [0.717, 1.165) is 5.56 Å². The molecule has 130 valence electrons. The maximum atomic E-state index is 13.0. The van der Waals surface area contributed by atoms with Crippen molar-refractivity contribution >= 4 is 11.6 Å². The Balaban J connectivity index is 1.64. The topological polar surface area (TPSA) is 82.1 Å². The first-order valence-corrected chi connectivity index (χ1v) is 8.23. The van der Waals surface area contributed by atoms with Gasteiger partial charge in [-0.3, -0.25) is 9.59 Å². The summed E-state index contributed by atoms with van der Waals surface area (Å²) in [5.74, 6) is 0.0112. The number of hydrogen-bond donors (Lipinski definition) is 1. The van der Waals surface area contributed by atoms with Crippen LogP contribution in [-0.4, -0.2) is 36.5 Å². The summed E-state index contributed by atoms with van der Waals surface area (Å²) in [4.78, 5) is 25.8. The van der Waals surface area contributed by atoms with Crippen LogP contribution >= 0.6 is 0 Å². The number of rotatable bonds is 1. The quantitative estimate of drug-likeness (QED) is 0.851. The van der Waals surface area contributed by atoms with Crippen LogP contribution in [0.1, 0.15) is 32.2 Å². The lowest BCUT2D eigenvalue weighted by molar-refractivity contribution is 0.0697. The first kappa shape index (κ1) is 15.0. The molecule has 3 aliphatic rings. The van der Waals surface area contributed by atoms with Crippen LogP contribution in [0.4, 0.5) is 0 Å². The molecule has 2 heterocycles. The molecule has 0 radical (unpaired) electrons. The number of Topliss-reactive ketones (excluding diaryl/α,β-unsaturated/α-hetero) is 2. The molecule has 5 rings (SSSR count). The van der Waals surface area contributed by atoms with E-state index in [1.54, 1.807) is 30.3 Å². The van der Waals surface area contributed by atoms with Gasteiger partial charge in [0, 0.05) is 22.8 Å². The molecule has 2 atom stereocenters. The van der Waals surface area contributed by atoms with Crippen LogP contribution in [0.5, 0.6) is 17.2 Å². The van der Waals surface area contributed by atoms with Gasteiger partial charge in [0.1, 0.15) is 11.9 Å². The molecule has 0 spiro atoms. The molecule has 2 aliphatic heterocycles. The molecule has 0 bridgehead atoms. The average molecular weight is 350 g/mol. The summed E-state index contributed by atoms with van der Waals surface area (Å²) >= 11 is 0. The Bertz CT molecular complexity index is 1020. The van der Waals surface area contributed by atoms with Crippen LogP contribution in [-0.2, 0) is 4.74 Å². The maximum absolute atomic E-state index is 13.0. The highest BCUT2D eigenvalue weighted by Gasteiger charge is 2.49. The second kappa shape index (κ2) is 5.11. The van der Waals surface area contributed by atoms with E-state index in [4.69, 9.17) is 14.2 Å². The van der Waals surface area contributed by atoms with Crippen molar-refractivity contribution in [2.24, 2.45) is 0 Å². The molecule has 6 nitrogen and oxygen atoms in total. The van der Waals surface area contributed by atoms with Gasteiger partial charge in [0.15, 0.2) is 23.0 Å². The molecular formula is C20H14O6. The zero-order valence-electron chi connectivity index (χ0n) is 13.8. The molecule has 26 heavy (non-hydrogen) atoms. The molecule has 0 saturated carbocycles. The molecule has 0 fully saturated rings. The maximum Gasteiger partial charge on any atom is 0.228 e. The van der Waals surface area contributed by atoms with Crippen molar-refractivity contribution in [3.63, 3.8) is 0 Å². The molecule has 2 aromatic rings. The summed E-state index contributed by atoms with van der Waals surface area (Å²) in [5.41, 5.74) is 1.75. The molecule has 6 heteroatoms. The lowest BCUT2D eigenvalue weighted by atomic mass is 9.80. The smallest absolute Gasteiger partial charge is 0.228 e. The molecular weight excluding hydrogens is 336 g/mol. The molecule has 0 saturated heterocycles. The van der Waals surface area contributed by atoms with Crippen molar-refractivity contribution < 1.29 is 28.9 Å². The van der Waals surface area contributed by atoms with Crippen LogP contribution in [0.25, 0.3) is 0 Å². The fraction of sp³-hybridized carbons (Fsp3) is 0.200. The standard InChI is InChI=1S/C20H14O6/c1-24-15-6-11-12-8-25-20-16(19(12)26-14(11)7-13(15)21)17(22)9-4-2-3-5-10(9)18(20)23/h2-7,12,19,21H,8H2,1H3/t12-,19+/m1/s1. The molecule has 1 aliphatic carbocycles. The Morgan fingerprint density at radius 1 is 1.12 bits per heavy atom. The minimum Gasteiger partial charge on any atom is -0.504 e. The minimum atomic E-state index is -0.620. The van der Waals surface area contributed by atoms with Gasteiger partial charge in [0.2, 0.25) is 5.78 Å². The van der Waals surface area contributed by atoms with E-state index >= 15 is 0 Å². The zero-order valence-corrected chi connectivity index (χ0v) is 13.8. The number of hydrogen-bond acceptors (Lipinski definition) is 6. The molecule has 1 N–H and O–H groups in total. The first-order valence-electron chi connectivity index (χ1n) is 8.23. The second-order valence-electron chi connectivity index (χ2n) is 6.46. The van der Waals surface area contributed by atoms with E-state index in [0.29, 0.717) is 22.6 Å². The third kappa shape index (κ3) is 1.81. The van der Waals surface area contributed by atoms with Crippen LogP contribution < -0.4 is 9.47 Å². The summed E-state index contributed by atoms with van der Waals surface area (Å²) in [6, 6.07) is 9.87. The Hall–Kier alpha value is -3.28. The number of ether oxygens (including phenoxy) is 3. The number of aromatic hydroxyl groups is 1. The Morgan fingerprint density at radius 3 is 2.58 bits per heavy atom. The molecule has 2 aromatic carbocycles. The summed E-state index contributed by atoms with van der Waals surface area (Å²) in [6.45, 7) is 0.214. The van der Waals surface area contributed by atoms with Gasteiger partial charge >= 0.3 is 0 Å². The van der Waals surface area contributed by atoms with Crippen molar-refractivity contribution in [2.45, 2.75) is 12.0 Å². The summed E-state index contributed by atoms with van der Waals surface area (Å²) in [6.07, 6.45) is -0.620. The number of phenolic OH excluding ortho intramolecular Hbond substituents is 1. The van der Waals surface area contributed by atoms with Crippen molar-refractivity contribution in [1.29, 1.82) is 0 Å². The summed E-state index contributed by atoms with van der Waals surface area (Å²) < 4.78 is 16.9. The van der Waals surface area contributed by atoms with Gasteiger partial charge in [-0.1, -0.05) is 24.3 Å². The Labute approximate surface area is 148 Å². The Morgan fingerprint density at radius 2 is 1.85 bits per heavy atom. The van der Waals surface area contributed by atoms with E-state index < -0.39 is 6.10 Å². The van der Waals surface area contributed by atoms with E-state index in [2.05, 4.69) is 0 Å². The largest absolute Gasteiger partial charge is 0.504 e. The highest BCUT2D eigenvalue weighted by Crippen LogP contribution is 2.49. The number of ketones is 2. The lowest BCUT2D eigenvalue weighted by Crippen LogP contribution is -2.39. The van der Waals surface area contributed by atoms with Gasteiger partial charge in [0.25, 0.3) is 0 Å². The highest BCUT2D eigenvalue weighted by atomic mass is 16.5. The van der Waals surface area contributed by atoms with E-state index in [1.807, 2.05) is 0 Å². The molecule has 0 aromatic heterocycles. The average Bonchev–Trinajstić information content (AvgIpc) is 3.02. The number of fused-ring (bicyclic) bond motifs is 5. The fourth-order valence-corrected chi connectivity index (χ4v) is 3.89. The van der Waals surface area contributed by atoms with Crippen molar-refractivity contribution in [3.05, 3.63) is 64.4 Å². The number of phenols is 1. The van der Waals surface area contributed by atoms with Crippen molar-refractivity contribution in [1.82, 2.24) is 0 Å². The number of allylic oxidation sites excluding steroid dienone is 1. The van der Waals surface area contributed by atoms with Gasteiger partial charge < -0.3 is 19.3 Å². The van der Waals surface area contributed by atoms with Crippen LogP contribution in [0, 0.1) is 0 Å². The van der Waals surface area contributed by atoms with E-state index in [-0.39, 0.29) is 41.2 Å². The normalized spacial score (nSPS) is 22.7. The lowest BCUT2D eigenvalue weighted by Gasteiger charge is -2.31. The van der Waals surface area contributed by atoms with Gasteiger partial charge in [-0.2, -0.15) is 0 Å². The minimum absolute atomic E-state index is 0.0450. The van der Waals surface area contributed by atoms with Gasteiger partial charge in [0.05, 0.1) is 25.2 Å². The zero-order chi connectivity index (χ0) is 18.0. The first-order chi connectivity index (χ1) is 12.6. The molecule has 0 unspecified atom stereocenters. The fourth-order valence-electron chi connectivity index (χ4n) is 3.89. The number of carbonyl (C=O) groups is 2. The van der Waals surface area contributed by atoms with Crippen LogP contribution in [0.15, 0.2) is 47.7 Å². The van der Waals surface area contributed by atoms with Crippen LogP contribution in [0.2, 0.25) is 0 Å². The number of benzene rings is 2. The Kier molecular flexibility index (Phi) is 2.95. The highest BCUT2D eigenvalue weighted by molar-refractivity contribution is 6.26. The monoisotopic (exact) mass is 350 g/mol. The van der Waals surface area contributed by atoms with Gasteiger partial charge in [-0.15, -0.1) is 0 Å². The SMILES string of the molecule is COc1cc2c(cc1O)O[C@@H]1C3=C(OC[C@H]21)C(=O)c1ccccc1C3=O. The van der Waals surface area contributed by atoms with Crippen molar-refractivity contribution in [3.8, 4) is 17.2 Å². The summed E-state index contributed by atoms with van der Waals surface area (Å²) in [5, 5.41) is 10.00. The van der Waals surface area contributed by atoms with Crippen LogP contribution in [0.3, 0.4) is 0 Å². The third-order valence-corrected chi connectivity index (χ3v) is 5.13. The van der Waals surface area contributed by atoms with E-state index in [1.165, 1.54) is 13.2 Å². The molecule has 0 amide bonds. The number of methoxy groups -OCH3 is 1. The van der Waals surface area contributed by atoms with Gasteiger partial charge in [-0.25, -0.2) is 0 Å². The number of carbonyl (C=O) groups excluding carboxylic acids is 2. The predicted octanol–water partition coefficient (Wildman–Crippen LogP) is 2.61. The van der Waals surface area contributed by atoms with E-state index in [9.17, 15) is 14.7 Å². The second-order valence-corrected chi connectivity index (χ2v) is 6.46. The third-order valence-electron chi connectivity index (χ3n) is 5.13. The van der Waals surface area contributed by atoms with Gasteiger partial charge in [-0.05, 0) is 6.07 Å². The predicted molar refractivity (Wildman–Crippen MR) is 89.9 cm³/mol.